The molecule has 112 valence electrons. The van der Waals surface area contributed by atoms with E-state index in [4.69, 9.17) is 0 Å². The quantitative estimate of drug-likeness (QED) is 0.817. The van der Waals surface area contributed by atoms with Gasteiger partial charge in [-0.05, 0) is 37.6 Å². The summed E-state index contributed by atoms with van der Waals surface area (Å²) in [6, 6.07) is 3.54. The standard InChI is InChI=1S/C11H14FNO5S2/c1-8-6-9(14)7-13(8)20(17,18)11-4-2-10(3-5-11)19(12,15)16/h2-5,8-9,14H,6-7H2,1H3. The minimum absolute atomic E-state index is 0.00728. The van der Waals surface area contributed by atoms with Gasteiger partial charge in [-0.15, -0.1) is 3.89 Å². The molecule has 20 heavy (non-hydrogen) atoms. The Morgan fingerprint density at radius 2 is 1.65 bits per heavy atom. The Labute approximate surface area is 117 Å². The third-order valence-corrected chi connectivity index (χ3v) is 6.04. The molecule has 1 aliphatic rings. The summed E-state index contributed by atoms with van der Waals surface area (Å²) in [5.74, 6) is 0. The molecule has 0 aromatic heterocycles. The fourth-order valence-electron chi connectivity index (χ4n) is 2.22. The molecular weight excluding hydrogens is 309 g/mol. The molecule has 9 heteroatoms. The predicted octanol–water partition coefficient (Wildman–Crippen LogP) is 0.489. The maximum Gasteiger partial charge on any atom is 0.332 e. The SMILES string of the molecule is CC1CC(O)CN1S(=O)(=O)c1ccc(S(=O)(=O)F)cc1. The van der Waals surface area contributed by atoms with Crippen LogP contribution in [0.5, 0.6) is 0 Å². The molecule has 1 aromatic carbocycles. The number of aliphatic hydroxyl groups is 1. The monoisotopic (exact) mass is 323 g/mol. The molecule has 0 radical (unpaired) electrons. The van der Waals surface area contributed by atoms with Gasteiger partial charge in [-0.1, -0.05) is 0 Å². The molecule has 1 N–H and O–H groups in total. The van der Waals surface area contributed by atoms with Gasteiger partial charge in [-0.2, -0.15) is 12.7 Å². The normalized spacial score (nSPS) is 24.9. The second kappa shape index (κ2) is 5.06. The number of rotatable bonds is 3. The van der Waals surface area contributed by atoms with E-state index in [0.29, 0.717) is 6.42 Å². The summed E-state index contributed by atoms with van der Waals surface area (Å²) < 4.78 is 59.9. The molecule has 0 spiro atoms. The highest BCUT2D eigenvalue weighted by Crippen LogP contribution is 2.26. The van der Waals surface area contributed by atoms with Crippen LogP contribution in [0.4, 0.5) is 3.89 Å². The largest absolute Gasteiger partial charge is 0.392 e. The van der Waals surface area contributed by atoms with Crippen LogP contribution in [0.25, 0.3) is 0 Å². The first-order valence-corrected chi connectivity index (χ1v) is 8.69. The number of sulfonamides is 1. The number of β-amino-alcohol motifs (C(OH)–C–C–N with tert-alkyl or cyclic N) is 1. The van der Waals surface area contributed by atoms with Gasteiger partial charge in [-0.3, -0.25) is 0 Å². The second-order valence-corrected chi connectivity index (χ2v) is 7.96. The summed E-state index contributed by atoms with van der Waals surface area (Å²) in [6.45, 7) is 1.67. The van der Waals surface area contributed by atoms with Crippen molar-refractivity contribution in [3.05, 3.63) is 24.3 Å². The summed E-state index contributed by atoms with van der Waals surface area (Å²) in [5.41, 5.74) is 0. The first kappa shape index (κ1) is 15.4. The number of halogens is 1. The molecule has 1 fully saturated rings. The van der Waals surface area contributed by atoms with Crippen LogP contribution in [-0.2, 0) is 20.2 Å². The lowest BCUT2D eigenvalue weighted by Crippen LogP contribution is -2.34. The Morgan fingerprint density at radius 3 is 2.05 bits per heavy atom. The van der Waals surface area contributed by atoms with Crippen molar-refractivity contribution in [3.8, 4) is 0 Å². The van der Waals surface area contributed by atoms with Crippen molar-refractivity contribution in [2.45, 2.75) is 35.3 Å². The van der Waals surface area contributed by atoms with Crippen LogP contribution in [0.15, 0.2) is 34.1 Å². The lowest BCUT2D eigenvalue weighted by Gasteiger charge is -2.20. The summed E-state index contributed by atoms with van der Waals surface area (Å²) >= 11 is 0. The zero-order valence-corrected chi connectivity index (χ0v) is 12.2. The van der Waals surface area contributed by atoms with Gasteiger partial charge in [0.05, 0.1) is 15.9 Å². The summed E-state index contributed by atoms with van der Waals surface area (Å²) in [7, 11) is -8.68. The third kappa shape index (κ3) is 2.85. The van der Waals surface area contributed by atoms with E-state index in [1.54, 1.807) is 6.92 Å². The lowest BCUT2D eigenvalue weighted by molar-refractivity contribution is 0.189. The molecule has 1 saturated heterocycles. The molecule has 1 aromatic rings. The highest BCUT2D eigenvalue weighted by Gasteiger charge is 2.37. The molecule has 0 saturated carbocycles. The smallest absolute Gasteiger partial charge is 0.332 e. The number of nitrogens with zero attached hydrogens (tertiary/aromatic N) is 1. The number of aliphatic hydroxyl groups excluding tert-OH is 1. The number of hydrogen-bond acceptors (Lipinski definition) is 5. The van der Waals surface area contributed by atoms with Gasteiger partial charge in [0, 0.05) is 12.6 Å². The van der Waals surface area contributed by atoms with E-state index < -0.39 is 31.2 Å². The topological polar surface area (TPSA) is 91.8 Å². The van der Waals surface area contributed by atoms with Crippen molar-refractivity contribution in [2.75, 3.05) is 6.54 Å². The molecule has 1 heterocycles. The van der Waals surface area contributed by atoms with Crippen LogP contribution in [0.2, 0.25) is 0 Å². The highest BCUT2D eigenvalue weighted by atomic mass is 32.3. The molecule has 0 amide bonds. The maximum absolute atomic E-state index is 12.7. The van der Waals surface area contributed by atoms with Crippen LogP contribution in [0, 0.1) is 0 Å². The molecule has 2 unspecified atom stereocenters. The van der Waals surface area contributed by atoms with E-state index in [2.05, 4.69) is 0 Å². The molecule has 6 nitrogen and oxygen atoms in total. The van der Waals surface area contributed by atoms with Crippen molar-refractivity contribution in [1.82, 2.24) is 4.31 Å². The van der Waals surface area contributed by atoms with E-state index in [-0.39, 0.29) is 17.5 Å². The number of hydrogen-bond donors (Lipinski definition) is 1. The van der Waals surface area contributed by atoms with Gasteiger partial charge >= 0.3 is 10.2 Å². The first-order chi connectivity index (χ1) is 9.12. The Balaban J connectivity index is 2.36. The first-order valence-electron chi connectivity index (χ1n) is 5.87. The van der Waals surface area contributed by atoms with E-state index in [0.717, 1.165) is 28.6 Å². The van der Waals surface area contributed by atoms with Gasteiger partial charge in [0.15, 0.2) is 0 Å². The van der Waals surface area contributed by atoms with Crippen LogP contribution < -0.4 is 0 Å². The minimum atomic E-state index is -4.85. The maximum atomic E-state index is 12.7. The van der Waals surface area contributed by atoms with Gasteiger partial charge < -0.3 is 5.11 Å². The fraction of sp³-hybridized carbons (Fsp3) is 0.455. The summed E-state index contributed by atoms with van der Waals surface area (Å²) in [5, 5.41) is 9.50. The molecule has 2 atom stereocenters. The van der Waals surface area contributed by atoms with Crippen molar-refractivity contribution in [2.24, 2.45) is 0 Å². The van der Waals surface area contributed by atoms with Crippen molar-refractivity contribution < 1.29 is 25.8 Å². The third-order valence-electron chi connectivity index (χ3n) is 3.21. The molecule has 1 aliphatic heterocycles. The van der Waals surface area contributed by atoms with Crippen LogP contribution in [-0.4, -0.2) is 44.9 Å². The van der Waals surface area contributed by atoms with Gasteiger partial charge in [0.1, 0.15) is 0 Å². The van der Waals surface area contributed by atoms with Crippen molar-refractivity contribution in [1.29, 1.82) is 0 Å². The van der Waals surface area contributed by atoms with Crippen LogP contribution in [0.1, 0.15) is 13.3 Å². The molecule has 0 aliphatic carbocycles. The molecule has 0 bridgehead atoms. The van der Waals surface area contributed by atoms with Crippen LogP contribution >= 0.6 is 0 Å². The molecule has 2 rings (SSSR count). The highest BCUT2D eigenvalue weighted by molar-refractivity contribution is 7.89. The molecular formula is C11H14FNO5S2. The van der Waals surface area contributed by atoms with E-state index in [1.807, 2.05) is 0 Å². The number of benzene rings is 1. The van der Waals surface area contributed by atoms with E-state index in [1.165, 1.54) is 0 Å². The predicted molar refractivity (Wildman–Crippen MR) is 68.7 cm³/mol. The van der Waals surface area contributed by atoms with E-state index in [9.17, 15) is 25.8 Å². The van der Waals surface area contributed by atoms with Gasteiger partial charge in [-0.25, -0.2) is 8.42 Å². The zero-order chi connectivity index (χ0) is 15.1. The lowest BCUT2D eigenvalue weighted by atomic mass is 10.2. The Kier molecular flexibility index (Phi) is 3.89. The van der Waals surface area contributed by atoms with Gasteiger partial charge in [0.2, 0.25) is 10.0 Å². The second-order valence-electron chi connectivity index (χ2n) is 4.72. The Hall–Kier alpha value is -1.03. The van der Waals surface area contributed by atoms with Gasteiger partial charge in [0.25, 0.3) is 0 Å². The average molecular weight is 323 g/mol. The van der Waals surface area contributed by atoms with Crippen molar-refractivity contribution in [3.63, 3.8) is 0 Å². The van der Waals surface area contributed by atoms with Crippen LogP contribution in [0.3, 0.4) is 0 Å². The zero-order valence-electron chi connectivity index (χ0n) is 10.6. The summed E-state index contributed by atoms with van der Waals surface area (Å²) in [4.78, 5) is -0.725. The Morgan fingerprint density at radius 1 is 1.15 bits per heavy atom. The minimum Gasteiger partial charge on any atom is -0.392 e. The Bertz CT molecular complexity index is 699. The van der Waals surface area contributed by atoms with Crippen molar-refractivity contribution >= 4 is 20.2 Å². The van der Waals surface area contributed by atoms with E-state index >= 15 is 0 Å². The fourth-order valence-corrected chi connectivity index (χ4v) is 4.36. The summed E-state index contributed by atoms with van der Waals surface area (Å²) in [6.07, 6.45) is -0.374. The average Bonchev–Trinajstić information content (AvgIpc) is 2.68.